The zero-order valence-electron chi connectivity index (χ0n) is 11.3. The van der Waals surface area contributed by atoms with Gasteiger partial charge in [0.2, 0.25) is 0 Å². The summed E-state index contributed by atoms with van der Waals surface area (Å²) in [5.41, 5.74) is 0. The van der Waals surface area contributed by atoms with Crippen LogP contribution in [0.15, 0.2) is 0 Å². The monoisotopic (exact) mass is 248 g/mol. The zero-order valence-corrected chi connectivity index (χ0v) is 12.1. The average molecular weight is 248 g/mol. The Kier molecular flexibility index (Phi) is 11.9. The van der Waals surface area contributed by atoms with Crippen molar-refractivity contribution in [2.24, 2.45) is 0 Å². The molecule has 0 heterocycles. The molecule has 3 nitrogen and oxygen atoms in total. The van der Waals surface area contributed by atoms with Crippen molar-refractivity contribution in [1.29, 1.82) is 0 Å². The van der Waals surface area contributed by atoms with E-state index in [2.05, 4.69) is 30.4 Å². The molecule has 0 aromatic rings. The molecule has 0 spiro atoms. The van der Waals surface area contributed by atoms with Crippen LogP contribution in [0.4, 0.5) is 0 Å². The van der Waals surface area contributed by atoms with Gasteiger partial charge in [-0.2, -0.15) is 11.8 Å². The first-order chi connectivity index (χ1) is 7.72. The highest BCUT2D eigenvalue weighted by Crippen LogP contribution is 2.04. The Balaban J connectivity index is 3.31. The Bertz CT molecular complexity index is 147. The first-order valence-electron chi connectivity index (χ1n) is 6.11. The summed E-state index contributed by atoms with van der Waals surface area (Å²) in [4.78, 5) is 2.43. The third kappa shape index (κ3) is 9.46. The van der Waals surface area contributed by atoms with Crippen molar-refractivity contribution < 1.29 is 4.74 Å². The van der Waals surface area contributed by atoms with Crippen LogP contribution in [-0.2, 0) is 4.74 Å². The maximum Gasteiger partial charge on any atom is 0.0474 e. The van der Waals surface area contributed by atoms with Gasteiger partial charge in [0.15, 0.2) is 0 Å². The minimum Gasteiger partial charge on any atom is -0.385 e. The van der Waals surface area contributed by atoms with Crippen LogP contribution in [0.1, 0.15) is 19.8 Å². The molecule has 0 fully saturated rings. The zero-order chi connectivity index (χ0) is 12.2. The molecule has 98 valence electrons. The van der Waals surface area contributed by atoms with Gasteiger partial charge in [0.05, 0.1) is 0 Å². The molecule has 0 aromatic heterocycles. The van der Waals surface area contributed by atoms with E-state index in [1.54, 1.807) is 7.11 Å². The molecule has 0 aliphatic heterocycles. The topological polar surface area (TPSA) is 24.5 Å². The van der Waals surface area contributed by atoms with Gasteiger partial charge in [-0.15, -0.1) is 0 Å². The molecule has 0 saturated heterocycles. The minimum atomic E-state index is 0.688. The molecule has 16 heavy (non-hydrogen) atoms. The molecule has 0 saturated carbocycles. The van der Waals surface area contributed by atoms with Crippen molar-refractivity contribution in [1.82, 2.24) is 10.2 Å². The predicted molar refractivity (Wildman–Crippen MR) is 74.5 cm³/mol. The summed E-state index contributed by atoms with van der Waals surface area (Å²) in [6.07, 6.45) is 4.55. The number of likely N-dealkylation sites (N-methyl/N-ethyl adjacent to an activating group) is 1. The lowest BCUT2D eigenvalue weighted by molar-refractivity contribution is 0.193. The minimum absolute atomic E-state index is 0.688. The third-order valence-corrected chi connectivity index (χ3v) is 3.48. The third-order valence-electron chi connectivity index (χ3n) is 2.84. The summed E-state index contributed by atoms with van der Waals surface area (Å²) in [5, 5.41) is 3.44. The summed E-state index contributed by atoms with van der Waals surface area (Å²) in [7, 11) is 3.96. The summed E-state index contributed by atoms with van der Waals surface area (Å²) >= 11 is 1.93. The van der Waals surface area contributed by atoms with Gasteiger partial charge in [-0.05, 0) is 45.4 Å². The first kappa shape index (κ1) is 16.2. The van der Waals surface area contributed by atoms with Gasteiger partial charge in [-0.25, -0.2) is 0 Å². The van der Waals surface area contributed by atoms with Crippen LogP contribution < -0.4 is 5.32 Å². The molecular weight excluding hydrogens is 220 g/mol. The molecule has 1 unspecified atom stereocenters. The highest BCUT2D eigenvalue weighted by molar-refractivity contribution is 7.98. The number of nitrogens with one attached hydrogen (secondary N) is 1. The van der Waals surface area contributed by atoms with Crippen LogP contribution in [0.25, 0.3) is 0 Å². The number of methoxy groups -OCH3 is 1. The lowest BCUT2D eigenvalue weighted by atomic mass is 10.2. The molecular formula is C12H28N2OS. The standard InChI is InChI=1S/C12H28N2OS/c1-12(6-11-16-4)14(2)9-8-13-7-5-10-15-3/h12-13H,5-11H2,1-4H3. The Morgan fingerprint density at radius 3 is 2.75 bits per heavy atom. The number of nitrogens with zero attached hydrogens (tertiary/aromatic N) is 1. The summed E-state index contributed by atoms with van der Waals surface area (Å²) in [6, 6.07) is 0.688. The second-order valence-electron chi connectivity index (χ2n) is 4.21. The quantitative estimate of drug-likeness (QED) is 0.562. The predicted octanol–water partition coefficient (Wildman–Crippen LogP) is 1.69. The van der Waals surface area contributed by atoms with E-state index in [9.17, 15) is 0 Å². The van der Waals surface area contributed by atoms with Crippen LogP contribution in [0.3, 0.4) is 0 Å². The molecule has 0 rings (SSSR count). The highest BCUT2D eigenvalue weighted by atomic mass is 32.2. The van der Waals surface area contributed by atoms with E-state index in [4.69, 9.17) is 4.74 Å². The molecule has 0 aliphatic rings. The van der Waals surface area contributed by atoms with Crippen LogP contribution in [0.5, 0.6) is 0 Å². The molecule has 0 radical (unpaired) electrons. The fourth-order valence-corrected chi connectivity index (χ4v) is 2.03. The van der Waals surface area contributed by atoms with Crippen molar-refractivity contribution in [3.05, 3.63) is 0 Å². The maximum atomic E-state index is 5.00. The number of hydrogen-bond acceptors (Lipinski definition) is 4. The van der Waals surface area contributed by atoms with Gasteiger partial charge in [0.25, 0.3) is 0 Å². The van der Waals surface area contributed by atoms with Crippen molar-refractivity contribution >= 4 is 11.8 Å². The average Bonchev–Trinajstić information content (AvgIpc) is 2.30. The van der Waals surface area contributed by atoms with Gasteiger partial charge in [-0.3, -0.25) is 0 Å². The van der Waals surface area contributed by atoms with Crippen LogP contribution >= 0.6 is 11.8 Å². The second-order valence-corrected chi connectivity index (χ2v) is 5.19. The number of hydrogen-bond donors (Lipinski definition) is 1. The number of thioether (sulfide) groups is 1. The fourth-order valence-electron chi connectivity index (χ4n) is 1.45. The van der Waals surface area contributed by atoms with E-state index in [-0.39, 0.29) is 0 Å². The van der Waals surface area contributed by atoms with Gasteiger partial charge in [-0.1, -0.05) is 0 Å². The Morgan fingerprint density at radius 1 is 1.38 bits per heavy atom. The van der Waals surface area contributed by atoms with Crippen LogP contribution in [-0.4, -0.2) is 63.3 Å². The lowest BCUT2D eigenvalue weighted by Gasteiger charge is -2.24. The van der Waals surface area contributed by atoms with Crippen molar-refractivity contribution in [2.75, 3.05) is 52.4 Å². The maximum absolute atomic E-state index is 5.00. The molecule has 0 aliphatic carbocycles. The van der Waals surface area contributed by atoms with E-state index in [1.807, 2.05) is 11.8 Å². The Hall–Kier alpha value is 0.230. The molecule has 0 amide bonds. The van der Waals surface area contributed by atoms with Crippen LogP contribution in [0, 0.1) is 0 Å². The number of rotatable bonds is 11. The lowest BCUT2D eigenvalue weighted by Crippen LogP contribution is -2.36. The number of ether oxygens (including phenoxy) is 1. The molecule has 0 bridgehead atoms. The highest BCUT2D eigenvalue weighted by Gasteiger charge is 2.07. The van der Waals surface area contributed by atoms with Gasteiger partial charge < -0.3 is 15.0 Å². The summed E-state index contributed by atoms with van der Waals surface area (Å²) in [5.74, 6) is 1.26. The summed E-state index contributed by atoms with van der Waals surface area (Å²) < 4.78 is 5.00. The van der Waals surface area contributed by atoms with Gasteiger partial charge in [0, 0.05) is 32.8 Å². The van der Waals surface area contributed by atoms with E-state index in [0.717, 1.165) is 32.7 Å². The van der Waals surface area contributed by atoms with Crippen molar-refractivity contribution in [3.63, 3.8) is 0 Å². The van der Waals surface area contributed by atoms with E-state index < -0.39 is 0 Å². The molecule has 0 aromatic carbocycles. The molecule has 1 atom stereocenters. The Morgan fingerprint density at radius 2 is 2.12 bits per heavy atom. The Labute approximate surface area is 105 Å². The van der Waals surface area contributed by atoms with Crippen LogP contribution in [0.2, 0.25) is 0 Å². The molecule has 1 N–H and O–H groups in total. The largest absolute Gasteiger partial charge is 0.385 e. The van der Waals surface area contributed by atoms with Crippen molar-refractivity contribution in [2.45, 2.75) is 25.8 Å². The summed E-state index contributed by atoms with van der Waals surface area (Å²) in [6.45, 7) is 6.42. The SMILES string of the molecule is COCCCNCCN(C)C(C)CCSC. The van der Waals surface area contributed by atoms with E-state index in [1.165, 1.54) is 12.2 Å². The van der Waals surface area contributed by atoms with Gasteiger partial charge in [0.1, 0.15) is 0 Å². The smallest absolute Gasteiger partial charge is 0.0474 e. The van der Waals surface area contributed by atoms with E-state index in [0.29, 0.717) is 6.04 Å². The normalized spacial score (nSPS) is 13.3. The van der Waals surface area contributed by atoms with E-state index >= 15 is 0 Å². The fraction of sp³-hybridized carbons (Fsp3) is 1.00. The second kappa shape index (κ2) is 11.7. The van der Waals surface area contributed by atoms with Gasteiger partial charge >= 0.3 is 0 Å². The first-order valence-corrected chi connectivity index (χ1v) is 7.50. The molecule has 4 heteroatoms. The van der Waals surface area contributed by atoms with Crippen molar-refractivity contribution in [3.8, 4) is 0 Å².